The maximum atomic E-state index is 12.1. The molecule has 1 unspecified atom stereocenters. The molecule has 2 rings (SSSR count). The SMILES string of the molecule is O=C(O)CCC1CCCN(C(=O)c2ccoc2)C1. The van der Waals surface area contributed by atoms with Gasteiger partial charge in [-0.2, -0.15) is 0 Å². The average molecular weight is 251 g/mol. The Morgan fingerprint density at radius 3 is 3.00 bits per heavy atom. The number of furan rings is 1. The molecule has 1 amide bonds. The van der Waals surface area contributed by atoms with Gasteiger partial charge in [0.15, 0.2) is 0 Å². The first-order valence-electron chi connectivity index (χ1n) is 6.20. The number of carboxylic acid groups (broad SMARTS) is 1. The van der Waals surface area contributed by atoms with E-state index in [1.807, 2.05) is 0 Å². The van der Waals surface area contributed by atoms with Crippen LogP contribution in [-0.2, 0) is 4.79 Å². The van der Waals surface area contributed by atoms with Gasteiger partial charge in [-0.3, -0.25) is 9.59 Å². The molecule has 18 heavy (non-hydrogen) atoms. The van der Waals surface area contributed by atoms with Crippen molar-refractivity contribution in [2.45, 2.75) is 25.7 Å². The van der Waals surface area contributed by atoms with Crippen LogP contribution in [-0.4, -0.2) is 35.0 Å². The van der Waals surface area contributed by atoms with Crippen LogP contribution in [0.15, 0.2) is 23.0 Å². The smallest absolute Gasteiger partial charge is 0.303 e. The molecule has 0 aliphatic carbocycles. The molecule has 1 N–H and O–H groups in total. The van der Waals surface area contributed by atoms with E-state index in [0.717, 1.165) is 19.4 Å². The molecule has 0 radical (unpaired) electrons. The van der Waals surface area contributed by atoms with Gasteiger partial charge in [-0.15, -0.1) is 0 Å². The highest BCUT2D eigenvalue weighted by Crippen LogP contribution is 2.22. The molecule has 1 aliphatic heterocycles. The molecule has 1 aliphatic rings. The number of aliphatic carboxylic acids is 1. The van der Waals surface area contributed by atoms with Crippen molar-refractivity contribution in [3.63, 3.8) is 0 Å². The normalized spacial score (nSPS) is 19.8. The highest BCUT2D eigenvalue weighted by atomic mass is 16.4. The van der Waals surface area contributed by atoms with Gasteiger partial charge in [-0.25, -0.2) is 0 Å². The van der Waals surface area contributed by atoms with Crippen molar-refractivity contribution in [3.05, 3.63) is 24.2 Å². The predicted octanol–water partition coefficient (Wildman–Crippen LogP) is 2.00. The monoisotopic (exact) mass is 251 g/mol. The molecule has 0 spiro atoms. The summed E-state index contributed by atoms with van der Waals surface area (Å²) < 4.78 is 4.91. The van der Waals surface area contributed by atoms with Crippen molar-refractivity contribution < 1.29 is 19.1 Å². The number of amides is 1. The molecule has 5 nitrogen and oxygen atoms in total. The van der Waals surface area contributed by atoms with Gasteiger partial charge in [0, 0.05) is 19.5 Å². The minimum absolute atomic E-state index is 0.0243. The Kier molecular flexibility index (Phi) is 4.02. The molecule has 0 aromatic carbocycles. The van der Waals surface area contributed by atoms with Gasteiger partial charge in [0.1, 0.15) is 6.26 Å². The Morgan fingerprint density at radius 1 is 1.50 bits per heavy atom. The predicted molar refractivity (Wildman–Crippen MR) is 64.2 cm³/mol. The highest BCUT2D eigenvalue weighted by Gasteiger charge is 2.25. The highest BCUT2D eigenvalue weighted by molar-refractivity contribution is 5.93. The Morgan fingerprint density at radius 2 is 2.33 bits per heavy atom. The van der Waals surface area contributed by atoms with Crippen LogP contribution in [0.5, 0.6) is 0 Å². The second-order valence-electron chi connectivity index (χ2n) is 4.70. The molecule has 0 saturated carbocycles. The van der Waals surface area contributed by atoms with Crippen LogP contribution in [0.4, 0.5) is 0 Å². The van der Waals surface area contributed by atoms with E-state index in [-0.39, 0.29) is 12.3 Å². The van der Waals surface area contributed by atoms with Crippen molar-refractivity contribution in [3.8, 4) is 0 Å². The van der Waals surface area contributed by atoms with Crippen molar-refractivity contribution in [1.82, 2.24) is 4.90 Å². The summed E-state index contributed by atoms with van der Waals surface area (Å²) in [5, 5.41) is 8.68. The van der Waals surface area contributed by atoms with Crippen LogP contribution in [0.2, 0.25) is 0 Å². The fourth-order valence-electron chi connectivity index (χ4n) is 2.38. The number of likely N-dealkylation sites (tertiary alicyclic amines) is 1. The van der Waals surface area contributed by atoms with E-state index < -0.39 is 5.97 Å². The Balaban J connectivity index is 1.90. The number of piperidine rings is 1. The van der Waals surface area contributed by atoms with Crippen LogP contribution in [0.1, 0.15) is 36.0 Å². The minimum atomic E-state index is -0.770. The van der Waals surface area contributed by atoms with Gasteiger partial charge < -0.3 is 14.4 Å². The standard InChI is InChI=1S/C13H17NO4/c15-12(16)4-3-10-2-1-6-14(8-10)13(17)11-5-7-18-9-11/h5,7,9-10H,1-4,6,8H2,(H,15,16). The van der Waals surface area contributed by atoms with Gasteiger partial charge in [-0.1, -0.05) is 0 Å². The first-order chi connectivity index (χ1) is 8.66. The zero-order valence-corrected chi connectivity index (χ0v) is 10.2. The van der Waals surface area contributed by atoms with E-state index in [0.29, 0.717) is 24.4 Å². The fourth-order valence-corrected chi connectivity index (χ4v) is 2.38. The number of carbonyl (C=O) groups is 2. The van der Waals surface area contributed by atoms with Gasteiger partial charge >= 0.3 is 5.97 Å². The van der Waals surface area contributed by atoms with Crippen LogP contribution in [0.3, 0.4) is 0 Å². The lowest BCUT2D eigenvalue weighted by Crippen LogP contribution is -2.39. The van der Waals surface area contributed by atoms with Crippen molar-refractivity contribution in [1.29, 1.82) is 0 Å². The number of hydrogen-bond donors (Lipinski definition) is 1. The second-order valence-corrected chi connectivity index (χ2v) is 4.70. The van der Waals surface area contributed by atoms with Gasteiger partial charge in [-0.05, 0) is 31.2 Å². The Hall–Kier alpha value is -1.78. The summed E-state index contributed by atoms with van der Waals surface area (Å²) in [5.74, 6) is -0.497. The summed E-state index contributed by atoms with van der Waals surface area (Å²) in [6.07, 6.45) is 5.70. The zero-order chi connectivity index (χ0) is 13.0. The van der Waals surface area contributed by atoms with E-state index >= 15 is 0 Å². The van der Waals surface area contributed by atoms with E-state index in [1.54, 1.807) is 11.0 Å². The lowest BCUT2D eigenvalue weighted by Gasteiger charge is -2.32. The van der Waals surface area contributed by atoms with Crippen LogP contribution < -0.4 is 0 Å². The van der Waals surface area contributed by atoms with Crippen molar-refractivity contribution in [2.75, 3.05) is 13.1 Å². The van der Waals surface area contributed by atoms with E-state index in [1.165, 1.54) is 12.5 Å². The van der Waals surface area contributed by atoms with Crippen LogP contribution in [0, 0.1) is 5.92 Å². The maximum absolute atomic E-state index is 12.1. The van der Waals surface area contributed by atoms with Crippen LogP contribution in [0.25, 0.3) is 0 Å². The van der Waals surface area contributed by atoms with E-state index in [9.17, 15) is 9.59 Å². The third-order valence-corrected chi connectivity index (χ3v) is 3.34. The lowest BCUT2D eigenvalue weighted by molar-refractivity contribution is -0.137. The molecule has 1 atom stereocenters. The molecular weight excluding hydrogens is 234 g/mol. The third kappa shape index (κ3) is 3.12. The number of carbonyl (C=O) groups excluding carboxylic acids is 1. The van der Waals surface area contributed by atoms with Gasteiger partial charge in [0.05, 0.1) is 11.8 Å². The first kappa shape index (κ1) is 12.7. The largest absolute Gasteiger partial charge is 0.481 e. The third-order valence-electron chi connectivity index (χ3n) is 3.34. The summed E-state index contributed by atoms with van der Waals surface area (Å²) in [7, 11) is 0. The average Bonchev–Trinajstić information content (AvgIpc) is 2.89. The number of hydrogen-bond acceptors (Lipinski definition) is 3. The van der Waals surface area contributed by atoms with Gasteiger partial charge in [0.2, 0.25) is 0 Å². The molecule has 1 aromatic rings. The minimum Gasteiger partial charge on any atom is -0.481 e. The molecule has 98 valence electrons. The summed E-state index contributed by atoms with van der Waals surface area (Å²) >= 11 is 0. The maximum Gasteiger partial charge on any atom is 0.303 e. The van der Waals surface area contributed by atoms with E-state index in [2.05, 4.69) is 0 Å². The number of rotatable bonds is 4. The summed E-state index contributed by atoms with van der Waals surface area (Å²) in [5.41, 5.74) is 0.564. The van der Waals surface area contributed by atoms with Crippen molar-refractivity contribution >= 4 is 11.9 Å². The summed E-state index contributed by atoms with van der Waals surface area (Å²) in [4.78, 5) is 24.4. The summed E-state index contributed by atoms with van der Waals surface area (Å²) in [6.45, 7) is 1.39. The zero-order valence-electron chi connectivity index (χ0n) is 10.2. The molecule has 1 fully saturated rings. The Labute approximate surface area is 105 Å². The number of carboxylic acids is 1. The lowest BCUT2D eigenvalue weighted by atomic mass is 9.93. The van der Waals surface area contributed by atoms with Crippen molar-refractivity contribution in [2.24, 2.45) is 5.92 Å². The molecule has 1 aromatic heterocycles. The molecule has 5 heteroatoms. The van der Waals surface area contributed by atoms with Gasteiger partial charge in [0.25, 0.3) is 5.91 Å². The molecule has 0 bridgehead atoms. The van der Waals surface area contributed by atoms with Crippen LogP contribution >= 0.6 is 0 Å². The molecule has 2 heterocycles. The second kappa shape index (κ2) is 5.71. The number of nitrogens with zero attached hydrogens (tertiary/aromatic N) is 1. The topological polar surface area (TPSA) is 70.8 Å². The Bertz CT molecular complexity index is 413. The first-order valence-corrected chi connectivity index (χ1v) is 6.20. The van der Waals surface area contributed by atoms with E-state index in [4.69, 9.17) is 9.52 Å². The summed E-state index contributed by atoms with van der Waals surface area (Å²) in [6, 6.07) is 1.66. The molecular formula is C13H17NO4. The molecule has 1 saturated heterocycles. The fraction of sp³-hybridized carbons (Fsp3) is 0.538. The quantitative estimate of drug-likeness (QED) is 0.888.